The zero-order chi connectivity index (χ0) is 13.5. The van der Waals surface area contributed by atoms with Crippen molar-refractivity contribution in [2.24, 2.45) is 0 Å². The van der Waals surface area contributed by atoms with Crippen LogP contribution in [-0.2, 0) is 6.42 Å². The second-order valence-corrected chi connectivity index (χ2v) is 4.55. The van der Waals surface area contributed by atoms with E-state index in [1.54, 1.807) is 12.1 Å². The predicted molar refractivity (Wildman–Crippen MR) is 74.0 cm³/mol. The maximum Gasteiger partial charge on any atom is 0.335 e. The molecular weight excluding hydrogens is 226 g/mol. The van der Waals surface area contributed by atoms with Crippen LogP contribution in [0.15, 0.2) is 36.4 Å². The summed E-state index contributed by atoms with van der Waals surface area (Å²) in [6.45, 7) is 7.77. The highest BCUT2D eigenvalue weighted by atomic mass is 16.4. The van der Waals surface area contributed by atoms with Gasteiger partial charge in [0, 0.05) is 13.1 Å². The van der Waals surface area contributed by atoms with Gasteiger partial charge < -0.3 is 10.0 Å². The van der Waals surface area contributed by atoms with Crippen LogP contribution in [0.25, 0.3) is 0 Å². The number of rotatable bonds is 7. The highest BCUT2D eigenvalue weighted by molar-refractivity contribution is 5.89. The molecular formula is C15H21NO2. The van der Waals surface area contributed by atoms with Gasteiger partial charge in [-0.3, -0.25) is 0 Å². The normalized spacial score (nSPS) is 10.6. The molecule has 0 atom stereocenters. The topological polar surface area (TPSA) is 40.5 Å². The molecule has 0 heterocycles. The van der Waals surface area contributed by atoms with Crippen LogP contribution in [0.1, 0.15) is 29.3 Å². The first-order valence-electron chi connectivity index (χ1n) is 6.21. The molecule has 0 saturated carbocycles. The Kier molecular flexibility index (Phi) is 5.59. The molecule has 0 radical (unpaired) electrons. The molecule has 0 bridgehead atoms. The van der Waals surface area contributed by atoms with Crippen molar-refractivity contribution in [2.75, 3.05) is 20.1 Å². The number of hydrogen-bond acceptors (Lipinski definition) is 2. The lowest BCUT2D eigenvalue weighted by atomic mass is 10.0. The lowest BCUT2D eigenvalue weighted by Gasteiger charge is -2.18. The van der Waals surface area contributed by atoms with Gasteiger partial charge in [-0.25, -0.2) is 4.79 Å². The van der Waals surface area contributed by atoms with Crippen molar-refractivity contribution >= 4 is 5.97 Å². The molecule has 1 aromatic rings. The van der Waals surface area contributed by atoms with Crippen LogP contribution in [-0.4, -0.2) is 36.1 Å². The van der Waals surface area contributed by atoms with Crippen molar-refractivity contribution in [1.82, 2.24) is 4.90 Å². The van der Waals surface area contributed by atoms with Crippen molar-refractivity contribution < 1.29 is 9.90 Å². The average Bonchev–Trinajstić information content (AvgIpc) is 2.36. The minimum Gasteiger partial charge on any atom is -0.478 e. The second kappa shape index (κ2) is 6.97. The minimum atomic E-state index is -0.855. The van der Waals surface area contributed by atoms with Crippen LogP contribution in [0, 0.1) is 0 Å². The van der Waals surface area contributed by atoms with Crippen molar-refractivity contribution in [3.8, 4) is 0 Å². The molecule has 1 N–H and O–H groups in total. The van der Waals surface area contributed by atoms with E-state index in [4.69, 9.17) is 5.11 Å². The Hall–Kier alpha value is -1.61. The van der Waals surface area contributed by atoms with Crippen molar-refractivity contribution in [3.05, 3.63) is 47.5 Å². The van der Waals surface area contributed by atoms with Gasteiger partial charge in [0.1, 0.15) is 0 Å². The molecule has 0 aliphatic heterocycles. The number of likely N-dealkylation sites (N-methyl/N-ethyl adjacent to an activating group) is 1. The van der Waals surface area contributed by atoms with E-state index in [9.17, 15) is 4.79 Å². The van der Waals surface area contributed by atoms with Crippen LogP contribution in [0.3, 0.4) is 0 Å². The molecule has 0 aliphatic rings. The molecule has 0 spiro atoms. The Bertz CT molecular complexity index is 426. The van der Waals surface area contributed by atoms with Crippen molar-refractivity contribution in [1.29, 1.82) is 0 Å². The Labute approximate surface area is 109 Å². The maximum absolute atomic E-state index is 11.1. The van der Waals surface area contributed by atoms with Gasteiger partial charge in [0.2, 0.25) is 0 Å². The quantitative estimate of drug-likeness (QED) is 0.753. The summed E-state index contributed by atoms with van der Waals surface area (Å²) in [6, 6.07) is 7.18. The highest BCUT2D eigenvalue weighted by Crippen LogP contribution is 2.10. The number of carboxylic acid groups (broad SMARTS) is 1. The van der Waals surface area contributed by atoms with E-state index in [0.717, 1.165) is 31.5 Å². The minimum absolute atomic E-state index is 0.403. The lowest BCUT2D eigenvalue weighted by Crippen LogP contribution is -2.24. The molecule has 0 fully saturated rings. The molecule has 0 amide bonds. The van der Waals surface area contributed by atoms with E-state index >= 15 is 0 Å². The number of aromatic carboxylic acids is 1. The SMILES string of the molecule is C=C(CC)CN(C)CCc1ccccc1C(=O)O. The van der Waals surface area contributed by atoms with E-state index in [0.29, 0.717) is 5.56 Å². The molecule has 98 valence electrons. The van der Waals surface area contributed by atoms with Crippen LogP contribution >= 0.6 is 0 Å². The van der Waals surface area contributed by atoms with Gasteiger partial charge in [-0.05, 0) is 31.5 Å². The average molecular weight is 247 g/mol. The molecule has 3 heteroatoms. The molecule has 1 aromatic carbocycles. The van der Waals surface area contributed by atoms with Crippen LogP contribution in [0.4, 0.5) is 0 Å². The lowest BCUT2D eigenvalue weighted by molar-refractivity contribution is 0.0695. The molecule has 0 saturated heterocycles. The fourth-order valence-electron chi connectivity index (χ4n) is 1.83. The third kappa shape index (κ3) is 4.34. The summed E-state index contributed by atoms with van der Waals surface area (Å²) in [4.78, 5) is 13.2. The standard InChI is InChI=1S/C15H21NO2/c1-4-12(2)11-16(3)10-9-13-7-5-6-8-14(13)15(17)18/h5-8H,2,4,9-11H2,1,3H3,(H,17,18). The molecule has 0 aromatic heterocycles. The molecule has 0 unspecified atom stereocenters. The van der Waals surface area contributed by atoms with Gasteiger partial charge in [0.15, 0.2) is 0 Å². The predicted octanol–water partition coefficient (Wildman–Crippen LogP) is 2.83. The molecule has 1 rings (SSSR count). The van der Waals surface area contributed by atoms with Crippen LogP contribution in [0.5, 0.6) is 0 Å². The summed E-state index contributed by atoms with van der Waals surface area (Å²) in [5.74, 6) is -0.855. The number of nitrogens with zero attached hydrogens (tertiary/aromatic N) is 1. The van der Waals surface area contributed by atoms with Crippen molar-refractivity contribution in [3.63, 3.8) is 0 Å². The van der Waals surface area contributed by atoms with E-state index in [2.05, 4.69) is 18.4 Å². The van der Waals surface area contributed by atoms with Crippen molar-refractivity contribution in [2.45, 2.75) is 19.8 Å². The summed E-state index contributed by atoms with van der Waals surface area (Å²) >= 11 is 0. The number of benzene rings is 1. The monoisotopic (exact) mass is 247 g/mol. The van der Waals surface area contributed by atoms with Gasteiger partial charge in [-0.15, -0.1) is 0 Å². The third-order valence-electron chi connectivity index (χ3n) is 3.00. The largest absolute Gasteiger partial charge is 0.478 e. The summed E-state index contributed by atoms with van der Waals surface area (Å²) in [6.07, 6.45) is 1.73. The van der Waals surface area contributed by atoms with E-state index in [1.807, 2.05) is 19.2 Å². The van der Waals surface area contributed by atoms with Gasteiger partial charge in [0.25, 0.3) is 0 Å². The van der Waals surface area contributed by atoms with Gasteiger partial charge in [-0.2, -0.15) is 0 Å². The van der Waals surface area contributed by atoms with Gasteiger partial charge in [-0.1, -0.05) is 37.3 Å². The Morgan fingerprint density at radius 1 is 1.39 bits per heavy atom. The van der Waals surface area contributed by atoms with Crippen LogP contribution in [0.2, 0.25) is 0 Å². The molecule has 3 nitrogen and oxygen atoms in total. The summed E-state index contributed by atoms with van der Waals surface area (Å²) in [5, 5.41) is 9.09. The molecule has 18 heavy (non-hydrogen) atoms. The third-order valence-corrected chi connectivity index (χ3v) is 3.00. The Morgan fingerprint density at radius 2 is 2.06 bits per heavy atom. The first kappa shape index (κ1) is 14.5. The zero-order valence-corrected chi connectivity index (χ0v) is 11.1. The fraction of sp³-hybridized carbons (Fsp3) is 0.400. The number of carboxylic acids is 1. The fourth-order valence-corrected chi connectivity index (χ4v) is 1.83. The second-order valence-electron chi connectivity index (χ2n) is 4.55. The first-order chi connectivity index (χ1) is 8.54. The summed E-state index contributed by atoms with van der Waals surface area (Å²) in [7, 11) is 2.03. The smallest absolute Gasteiger partial charge is 0.335 e. The van der Waals surface area contributed by atoms with Gasteiger partial charge in [0.05, 0.1) is 5.56 Å². The maximum atomic E-state index is 11.1. The Morgan fingerprint density at radius 3 is 2.67 bits per heavy atom. The first-order valence-corrected chi connectivity index (χ1v) is 6.21. The molecule has 0 aliphatic carbocycles. The highest BCUT2D eigenvalue weighted by Gasteiger charge is 2.09. The van der Waals surface area contributed by atoms with E-state index in [1.165, 1.54) is 5.57 Å². The van der Waals surface area contributed by atoms with Gasteiger partial charge >= 0.3 is 5.97 Å². The number of carbonyl (C=O) groups is 1. The summed E-state index contributed by atoms with van der Waals surface area (Å²) in [5.41, 5.74) is 2.49. The van der Waals surface area contributed by atoms with E-state index < -0.39 is 5.97 Å². The zero-order valence-electron chi connectivity index (χ0n) is 11.1. The number of hydrogen-bond donors (Lipinski definition) is 1. The van der Waals surface area contributed by atoms with E-state index in [-0.39, 0.29) is 0 Å². The van der Waals surface area contributed by atoms with Crippen LogP contribution < -0.4 is 0 Å². The Balaban J connectivity index is 2.58. The summed E-state index contributed by atoms with van der Waals surface area (Å²) < 4.78 is 0.